The Labute approximate surface area is 193 Å². The number of sulfonamides is 1. The summed E-state index contributed by atoms with van der Waals surface area (Å²) in [6, 6.07) is 12.9. The first-order valence-electron chi connectivity index (χ1n) is 10.4. The monoisotopic (exact) mass is 473 g/mol. The molecule has 1 aliphatic heterocycles. The number of thioether (sulfide) groups is 1. The maximum Gasteiger partial charge on any atom is 0.241 e. The van der Waals surface area contributed by atoms with Gasteiger partial charge in [0.2, 0.25) is 15.9 Å². The van der Waals surface area contributed by atoms with Gasteiger partial charge >= 0.3 is 0 Å². The third kappa shape index (κ3) is 6.00. The van der Waals surface area contributed by atoms with E-state index in [0.717, 1.165) is 0 Å². The van der Waals surface area contributed by atoms with Crippen molar-refractivity contribution in [3.8, 4) is 6.07 Å². The summed E-state index contributed by atoms with van der Waals surface area (Å²) in [5, 5.41) is 9.37. The van der Waals surface area contributed by atoms with Crippen LogP contribution in [0.4, 0.5) is 5.82 Å². The maximum atomic E-state index is 13.3. The van der Waals surface area contributed by atoms with Crippen LogP contribution in [-0.4, -0.2) is 68.4 Å². The van der Waals surface area contributed by atoms with Gasteiger partial charge in [0, 0.05) is 32.4 Å². The number of nitriles is 1. The summed E-state index contributed by atoms with van der Waals surface area (Å²) in [5.74, 6) is 1.06. The molecule has 170 valence electrons. The number of aromatic nitrogens is 1. The zero-order valence-corrected chi connectivity index (χ0v) is 19.6. The molecule has 1 aromatic heterocycles. The lowest BCUT2D eigenvalue weighted by Crippen LogP contribution is -2.49. The van der Waals surface area contributed by atoms with Gasteiger partial charge in [0.15, 0.2) is 0 Å². The Hall–Kier alpha value is -2.61. The number of pyridine rings is 1. The van der Waals surface area contributed by atoms with Gasteiger partial charge in [-0.25, -0.2) is 13.4 Å². The van der Waals surface area contributed by atoms with E-state index in [2.05, 4.69) is 15.8 Å². The zero-order chi connectivity index (χ0) is 23.0. The van der Waals surface area contributed by atoms with Crippen LogP contribution in [0.1, 0.15) is 18.4 Å². The number of carbonyl (C=O) groups is 1. The molecule has 0 spiro atoms. The van der Waals surface area contributed by atoms with Crippen LogP contribution in [-0.2, 0) is 14.8 Å². The Morgan fingerprint density at radius 1 is 1.19 bits per heavy atom. The molecule has 1 fully saturated rings. The highest BCUT2D eigenvalue weighted by atomic mass is 32.2. The van der Waals surface area contributed by atoms with E-state index >= 15 is 0 Å². The highest BCUT2D eigenvalue weighted by molar-refractivity contribution is 7.98. The molecular weight excluding hydrogens is 446 g/mol. The first-order valence-corrected chi connectivity index (χ1v) is 13.3. The van der Waals surface area contributed by atoms with Crippen LogP contribution >= 0.6 is 11.8 Å². The largest absolute Gasteiger partial charge is 0.354 e. The molecule has 1 saturated heterocycles. The van der Waals surface area contributed by atoms with Crippen LogP contribution < -0.4 is 9.62 Å². The van der Waals surface area contributed by atoms with E-state index in [1.165, 1.54) is 12.1 Å². The van der Waals surface area contributed by atoms with E-state index < -0.39 is 16.1 Å². The Morgan fingerprint density at radius 3 is 2.69 bits per heavy atom. The molecule has 1 aromatic carbocycles. The number of hydrogen-bond donors (Lipinski definition) is 1. The average Bonchev–Trinajstić information content (AvgIpc) is 3.08. The van der Waals surface area contributed by atoms with Crippen LogP contribution in [0.15, 0.2) is 53.6 Å². The van der Waals surface area contributed by atoms with Gasteiger partial charge < -0.3 is 9.80 Å². The van der Waals surface area contributed by atoms with E-state index in [4.69, 9.17) is 0 Å². The summed E-state index contributed by atoms with van der Waals surface area (Å²) in [7, 11) is -3.81. The molecular formula is C22H27N5O3S2. The van der Waals surface area contributed by atoms with Crippen LogP contribution in [0.25, 0.3) is 0 Å². The van der Waals surface area contributed by atoms with Crippen molar-refractivity contribution in [2.45, 2.75) is 23.8 Å². The van der Waals surface area contributed by atoms with Gasteiger partial charge in [-0.15, -0.1) is 0 Å². The van der Waals surface area contributed by atoms with Gasteiger partial charge in [0.1, 0.15) is 17.9 Å². The van der Waals surface area contributed by atoms with Crippen molar-refractivity contribution in [1.82, 2.24) is 14.6 Å². The van der Waals surface area contributed by atoms with Crippen LogP contribution in [0.3, 0.4) is 0 Å². The summed E-state index contributed by atoms with van der Waals surface area (Å²) >= 11 is 1.57. The smallest absolute Gasteiger partial charge is 0.241 e. The Kier molecular flexibility index (Phi) is 8.50. The summed E-state index contributed by atoms with van der Waals surface area (Å²) < 4.78 is 28.3. The number of anilines is 1. The van der Waals surface area contributed by atoms with Gasteiger partial charge in [0.25, 0.3) is 0 Å². The van der Waals surface area contributed by atoms with Crippen molar-refractivity contribution in [2.24, 2.45) is 0 Å². The van der Waals surface area contributed by atoms with Gasteiger partial charge in [-0.1, -0.05) is 18.2 Å². The number of nitrogens with zero attached hydrogens (tertiary/aromatic N) is 4. The predicted octanol–water partition coefficient (Wildman–Crippen LogP) is 2.09. The molecule has 3 rings (SSSR count). The summed E-state index contributed by atoms with van der Waals surface area (Å²) in [4.78, 5) is 21.6. The first-order chi connectivity index (χ1) is 15.5. The molecule has 10 heteroatoms. The molecule has 1 N–H and O–H groups in total. The van der Waals surface area contributed by atoms with Gasteiger partial charge in [-0.2, -0.15) is 21.7 Å². The highest BCUT2D eigenvalue weighted by Gasteiger charge is 2.30. The standard InChI is InChI=1S/C22H27N5O3S2/c1-31-16-10-20(25-32(29,30)19-8-3-2-4-9-19)22(28)27-13-6-12-26(14-15-27)21-18(17-23)7-5-11-24-21/h2-5,7-9,11,20,25H,6,10,12-16H2,1H3. The fourth-order valence-electron chi connectivity index (χ4n) is 3.63. The lowest BCUT2D eigenvalue weighted by atomic mass is 10.2. The number of rotatable bonds is 8. The number of nitrogens with one attached hydrogen (secondary N) is 1. The normalized spacial score (nSPS) is 15.6. The third-order valence-corrected chi connectivity index (χ3v) is 7.41. The minimum atomic E-state index is -3.81. The molecule has 32 heavy (non-hydrogen) atoms. The quantitative estimate of drug-likeness (QED) is 0.626. The number of amides is 1. The van der Waals surface area contributed by atoms with Crippen molar-refractivity contribution in [1.29, 1.82) is 5.26 Å². The lowest BCUT2D eigenvalue weighted by molar-refractivity contribution is -0.132. The Bertz CT molecular complexity index is 1060. The van der Waals surface area contributed by atoms with E-state index in [9.17, 15) is 18.5 Å². The van der Waals surface area contributed by atoms with Gasteiger partial charge in [-0.05, 0) is 49.1 Å². The number of carbonyl (C=O) groups excluding carboxylic acids is 1. The maximum absolute atomic E-state index is 13.3. The van der Waals surface area contributed by atoms with Gasteiger partial charge in [0.05, 0.1) is 10.5 Å². The fourth-order valence-corrected chi connectivity index (χ4v) is 5.35. The molecule has 0 radical (unpaired) electrons. The Morgan fingerprint density at radius 2 is 1.97 bits per heavy atom. The first kappa shape index (κ1) is 24.0. The summed E-state index contributed by atoms with van der Waals surface area (Å²) in [6.45, 7) is 2.15. The topological polar surface area (TPSA) is 106 Å². The molecule has 2 heterocycles. The predicted molar refractivity (Wildman–Crippen MR) is 126 cm³/mol. The Balaban J connectivity index is 1.73. The molecule has 1 atom stereocenters. The molecule has 1 amide bonds. The van der Waals surface area contributed by atoms with Crippen molar-refractivity contribution in [3.05, 3.63) is 54.2 Å². The van der Waals surface area contributed by atoms with E-state index in [1.807, 2.05) is 11.2 Å². The minimum absolute atomic E-state index is 0.142. The molecule has 0 aliphatic carbocycles. The van der Waals surface area contributed by atoms with Crippen molar-refractivity contribution >= 4 is 33.5 Å². The van der Waals surface area contributed by atoms with Crippen LogP contribution in [0, 0.1) is 11.3 Å². The van der Waals surface area contributed by atoms with E-state index in [1.54, 1.807) is 53.2 Å². The molecule has 8 nitrogen and oxygen atoms in total. The van der Waals surface area contributed by atoms with E-state index in [0.29, 0.717) is 56.2 Å². The third-order valence-electron chi connectivity index (χ3n) is 5.27. The summed E-state index contributed by atoms with van der Waals surface area (Å²) in [5.41, 5.74) is 0.501. The SMILES string of the molecule is CSCCC(NS(=O)(=O)c1ccccc1)C(=O)N1CCCN(c2ncccc2C#N)CC1. The van der Waals surface area contributed by atoms with Crippen molar-refractivity contribution < 1.29 is 13.2 Å². The lowest BCUT2D eigenvalue weighted by Gasteiger charge is -2.27. The van der Waals surface area contributed by atoms with Gasteiger partial charge in [-0.3, -0.25) is 4.79 Å². The highest BCUT2D eigenvalue weighted by Crippen LogP contribution is 2.19. The summed E-state index contributed by atoms with van der Waals surface area (Å²) in [6.07, 6.45) is 4.69. The second kappa shape index (κ2) is 11.3. The molecule has 1 unspecified atom stereocenters. The minimum Gasteiger partial charge on any atom is -0.354 e. The second-order valence-corrected chi connectivity index (χ2v) is 10.1. The van der Waals surface area contributed by atoms with E-state index in [-0.39, 0.29) is 10.8 Å². The number of benzene rings is 1. The molecule has 0 saturated carbocycles. The van der Waals surface area contributed by atoms with Crippen LogP contribution in [0.5, 0.6) is 0 Å². The molecule has 1 aliphatic rings. The number of hydrogen-bond acceptors (Lipinski definition) is 7. The zero-order valence-electron chi connectivity index (χ0n) is 18.0. The second-order valence-electron chi connectivity index (χ2n) is 7.42. The van der Waals surface area contributed by atoms with Crippen molar-refractivity contribution in [2.75, 3.05) is 43.1 Å². The molecule has 2 aromatic rings. The molecule has 0 bridgehead atoms. The fraction of sp³-hybridized carbons (Fsp3) is 0.409. The van der Waals surface area contributed by atoms with Crippen LogP contribution in [0.2, 0.25) is 0 Å². The average molecular weight is 474 g/mol. The van der Waals surface area contributed by atoms with Crippen molar-refractivity contribution in [3.63, 3.8) is 0 Å².